The van der Waals surface area contributed by atoms with E-state index >= 15 is 0 Å². The predicted octanol–water partition coefficient (Wildman–Crippen LogP) is 1.84. The van der Waals surface area contributed by atoms with E-state index in [0.29, 0.717) is 18.1 Å². The van der Waals surface area contributed by atoms with Gasteiger partial charge in [0.05, 0.1) is 18.8 Å². The van der Waals surface area contributed by atoms with Crippen LogP contribution in [0.2, 0.25) is 0 Å². The van der Waals surface area contributed by atoms with E-state index in [2.05, 4.69) is 13.8 Å². The van der Waals surface area contributed by atoms with Crippen molar-refractivity contribution in [2.45, 2.75) is 38.9 Å². The van der Waals surface area contributed by atoms with Crippen molar-refractivity contribution in [2.24, 2.45) is 11.8 Å². The van der Waals surface area contributed by atoms with Gasteiger partial charge in [-0.3, -0.25) is 0 Å². The van der Waals surface area contributed by atoms with Gasteiger partial charge in [0.25, 0.3) is 0 Å². The summed E-state index contributed by atoms with van der Waals surface area (Å²) < 4.78 is 11.4. The topological polar surface area (TPSA) is 18.5 Å². The summed E-state index contributed by atoms with van der Waals surface area (Å²) in [5, 5.41) is 0. The van der Waals surface area contributed by atoms with Gasteiger partial charge in [0.1, 0.15) is 0 Å². The molecule has 0 bridgehead atoms. The number of fused-ring (bicyclic) bond motifs is 1. The van der Waals surface area contributed by atoms with Crippen LogP contribution in [0.1, 0.15) is 26.7 Å². The molecule has 70 valence electrons. The molecule has 2 rings (SSSR count). The minimum Gasteiger partial charge on any atom is -0.378 e. The van der Waals surface area contributed by atoms with Gasteiger partial charge in [0.15, 0.2) is 0 Å². The Morgan fingerprint density at radius 1 is 1.00 bits per heavy atom. The first kappa shape index (κ1) is 8.52. The van der Waals surface area contributed by atoms with Crippen molar-refractivity contribution in [1.29, 1.82) is 0 Å². The summed E-state index contributed by atoms with van der Waals surface area (Å²) in [4.78, 5) is 0. The molecule has 2 nitrogen and oxygen atoms in total. The maximum atomic E-state index is 5.78. The molecule has 2 heteroatoms. The van der Waals surface area contributed by atoms with Gasteiger partial charge in [-0.15, -0.1) is 0 Å². The van der Waals surface area contributed by atoms with Crippen LogP contribution in [0, 0.1) is 11.8 Å². The van der Waals surface area contributed by atoms with Crippen LogP contribution >= 0.6 is 0 Å². The standard InChI is InChI=1S/C10H18O2/c1-7-3-9-6-11-8(2)4-10(9)12-5-7/h7-10H,3-6H2,1-2H3. The van der Waals surface area contributed by atoms with E-state index in [1.807, 2.05) is 0 Å². The van der Waals surface area contributed by atoms with Crippen molar-refractivity contribution in [3.8, 4) is 0 Å². The Morgan fingerprint density at radius 2 is 1.83 bits per heavy atom. The zero-order valence-electron chi connectivity index (χ0n) is 7.95. The molecule has 0 aromatic carbocycles. The highest BCUT2D eigenvalue weighted by Gasteiger charge is 2.34. The fourth-order valence-corrected chi connectivity index (χ4v) is 2.28. The second kappa shape index (κ2) is 3.35. The summed E-state index contributed by atoms with van der Waals surface area (Å²) in [5.41, 5.74) is 0. The number of hydrogen-bond donors (Lipinski definition) is 0. The second-order valence-corrected chi connectivity index (χ2v) is 4.35. The molecule has 2 aliphatic heterocycles. The first-order valence-electron chi connectivity index (χ1n) is 4.99. The molecule has 2 fully saturated rings. The number of hydrogen-bond acceptors (Lipinski definition) is 2. The monoisotopic (exact) mass is 170 g/mol. The van der Waals surface area contributed by atoms with Crippen LogP contribution in [0.15, 0.2) is 0 Å². The molecule has 4 atom stereocenters. The van der Waals surface area contributed by atoms with E-state index in [9.17, 15) is 0 Å². The van der Waals surface area contributed by atoms with Gasteiger partial charge in [-0.2, -0.15) is 0 Å². The van der Waals surface area contributed by atoms with Gasteiger partial charge in [-0.1, -0.05) is 6.92 Å². The van der Waals surface area contributed by atoms with Crippen molar-refractivity contribution in [1.82, 2.24) is 0 Å². The van der Waals surface area contributed by atoms with Crippen LogP contribution < -0.4 is 0 Å². The molecule has 0 amide bonds. The van der Waals surface area contributed by atoms with E-state index in [1.165, 1.54) is 6.42 Å². The van der Waals surface area contributed by atoms with E-state index < -0.39 is 0 Å². The molecule has 0 spiro atoms. The lowest BCUT2D eigenvalue weighted by atomic mass is 9.85. The SMILES string of the molecule is CC1COC2CC(C)OCC2C1. The Bertz CT molecular complexity index is 140. The van der Waals surface area contributed by atoms with Gasteiger partial charge < -0.3 is 9.47 Å². The van der Waals surface area contributed by atoms with Crippen molar-refractivity contribution < 1.29 is 9.47 Å². The Hall–Kier alpha value is -0.0800. The molecule has 0 aromatic heterocycles. The fourth-order valence-electron chi connectivity index (χ4n) is 2.28. The predicted molar refractivity (Wildman–Crippen MR) is 47.0 cm³/mol. The van der Waals surface area contributed by atoms with Gasteiger partial charge in [0, 0.05) is 12.5 Å². The van der Waals surface area contributed by atoms with Crippen molar-refractivity contribution in [3.63, 3.8) is 0 Å². The molecule has 2 aliphatic rings. The average Bonchev–Trinajstić information content (AvgIpc) is 2.05. The third-order valence-electron chi connectivity index (χ3n) is 2.98. The number of ether oxygens (including phenoxy) is 2. The van der Waals surface area contributed by atoms with E-state index in [1.54, 1.807) is 0 Å². The largest absolute Gasteiger partial charge is 0.378 e. The summed E-state index contributed by atoms with van der Waals surface area (Å²) >= 11 is 0. The van der Waals surface area contributed by atoms with Crippen molar-refractivity contribution in [2.75, 3.05) is 13.2 Å². The molecule has 4 unspecified atom stereocenters. The van der Waals surface area contributed by atoms with Crippen LogP contribution in [-0.2, 0) is 9.47 Å². The van der Waals surface area contributed by atoms with Gasteiger partial charge in [-0.25, -0.2) is 0 Å². The van der Waals surface area contributed by atoms with Crippen molar-refractivity contribution in [3.05, 3.63) is 0 Å². The molecule has 2 heterocycles. The zero-order chi connectivity index (χ0) is 8.55. The van der Waals surface area contributed by atoms with Crippen LogP contribution in [0.3, 0.4) is 0 Å². The molecule has 2 saturated heterocycles. The summed E-state index contributed by atoms with van der Waals surface area (Å²) in [6.07, 6.45) is 3.28. The molecule has 0 saturated carbocycles. The number of rotatable bonds is 0. The maximum absolute atomic E-state index is 5.78. The summed E-state index contributed by atoms with van der Waals surface area (Å²) in [5.74, 6) is 1.40. The molecule has 0 aromatic rings. The summed E-state index contributed by atoms with van der Waals surface area (Å²) in [7, 11) is 0. The van der Waals surface area contributed by atoms with Crippen molar-refractivity contribution >= 4 is 0 Å². The Labute approximate surface area is 74.2 Å². The zero-order valence-corrected chi connectivity index (χ0v) is 7.95. The quantitative estimate of drug-likeness (QED) is 0.552. The second-order valence-electron chi connectivity index (χ2n) is 4.35. The average molecular weight is 170 g/mol. The lowest BCUT2D eigenvalue weighted by Crippen LogP contribution is -2.43. The lowest BCUT2D eigenvalue weighted by molar-refractivity contribution is -0.140. The minimum atomic E-state index is 0.402. The van der Waals surface area contributed by atoms with Crippen LogP contribution in [0.5, 0.6) is 0 Å². The highest BCUT2D eigenvalue weighted by Crippen LogP contribution is 2.31. The van der Waals surface area contributed by atoms with Crippen LogP contribution in [-0.4, -0.2) is 25.4 Å². The Balaban J connectivity index is 1.94. The minimum absolute atomic E-state index is 0.402. The summed E-state index contributed by atoms with van der Waals surface area (Å²) in [6.45, 7) is 6.26. The van der Waals surface area contributed by atoms with Gasteiger partial charge >= 0.3 is 0 Å². The van der Waals surface area contributed by atoms with Gasteiger partial charge in [0.2, 0.25) is 0 Å². The van der Waals surface area contributed by atoms with E-state index in [0.717, 1.165) is 25.6 Å². The van der Waals surface area contributed by atoms with Crippen LogP contribution in [0.25, 0.3) is 0 Å². The third-order valence-corrected chi connectivity index (χ3v) is 2.98. The first-order chi connectivity index (χ1) is 5.75. The highest BCUT2D eigenvalue weighted by molar-refractivity contribution is 4.82. The first-order valence-corrected chi connectivity index (χ1v) is 4.99. The normalized spacial score (nSPS) is 48.5. The lowest BCUT2D eigenvalue weighted by Gasteiger charge is -2.40. The molecular weight excluding hydrogens is 152 g/mol. The fraction of sp³-hybridized carbons (Fsp3) is 1.00. The third kappa shape index (κ3) is 1.64. The smallest absolute Gasteiger partial charge is 0.0650 e. The van der Waals surface area contributed by atoms with Crippen LogP contribution in [0.4, 0.5) is 0 Å². The Kier molecular flexibility index (Phi) is 2.37. The summed E-state index contributed by atoms with van der Waals surface area (Å²) in [6, 6.07) is 0. The highest BCUT2D eigenvalue weighted by atomic mass is 16.5. The molecular formula is C10H18O2. The Morgan fingerprint density at radius 3 is 2.67 bits per heavy atom. The molecule has 12 heavy (non-hydrogen) atoms. The van der Waals surface area contributed by atoms with Gasteiger partial charge in [-0.05, 0) is 25.7 Å². The maximum Gasteiger partial charge on any atom is 0.0650 e. The molecule has 0 radical (unpaired) electrons. The molecule has 0 N–H and O–H groups in total. The van der Waals surface area contributed by atoms with E-state index in [4.69, 9.17) is 9.47 Å². The van der Waals surface area contributed by atoms with E-state index in [-0.39, 0.29) is 0 Å². The molecule has 0 aliphatic carbocycles.